The number of carbonyl (C=O) groups excluding carboxylic acids is 1. The summed E-state index contributed by atoms with van der Waals surface area (Å²) in [5.74, 6) is 0.857. The highest BCUT2D eigenvalue weighted by Gasteiger charge is 2.36. The van der Waals surface area contributed by atoms with Gasteiger partial charge >= 0.3 is 6.03 Å². The molecule has 4 rings (SSSR count). The second-order valence-corrected chi connectivity index (χ2v) is 6.80. The Hall–Kier alpha value is -2.01. The van der Waals surface area contributed by atoms with E-state index in [4.69, 9.17) is 4.42 Å². The molecular weight excluding hydrogens is 290 g/mol. The van der Waals surface area contributed by atoms with Gasteiger partial charge in [-0.05, 0) is 45.4 Å². The van der Waals surface area contributed by atoms with Gasteiger partial charge in [0.05, 0.1) is 5.69 Å². The van der Waals surface area contributed by atoms with Crippen molar-refractivity contribution < 1.29 is 9.21 Å². The SMILES string of the molecule is Cc1cc2cccc(NC(=O)N3CC[C@@H]4CC[C@H](C3)N4C)c2o1. The minimum Gasteiger partial charge on any atom is -0.459 e. The van der Waals surface area contributed by atoms with E-state index < -0.39 is 0 Å². The van der Waals surface area contributed by atoms with E-state index in [0.717, 1.165) is 41.9 Å². The fraction of sp³-hybridized carbons (Fsp3) is 0.500. The lowest BCUT2D eigenvalue weighted by molar-refractivity contribution is 0.200. The lowest BCUT2D eigenvalue weighted by Crippen LogP contribution is -2.41. The highest BCUT2D eigenvalue weighted by Crippen LogP contribution is 2.30. The molecule has 1 aromatic carbocycles. The molecule has 2 aliphatic heterocycles. The van der Waals surface area contributed by atoms with Crippen LogP contribution in [0, 0.1) is 6.92 Å². The Kier molecular flexibility index (Phi) is 3.53. The largest absolute Gasteiger partial charge is 0.459 e. The molecule has 5 heteroatoms. The van der Waals surface area contributed by atoms with Crippen LogP contribution in [0.5, 0.6) is 0 Å². The van der Waals surface area contributed by atoms with Gasteiger partial charge < -0.3 is 14.6 Å². The van der Waals surface area contributed by atoms with E-state index in [-0.39, 0.29) is 6.03 Å². The number of carbonyl (C=O) groups is 1. The number of nitrogens with zero attached hydrogens (tertiary/aromatic N) is 2. The van der Waals surface area contributed by atoms with E-state index in [1.807, 2.05) is 36.1 Å². The maximum absolute atomic E-state index is 12.7. The molecule has 2 bridgehead atoms. The topological polar surface area (TPSA) is 48.7 Å². The number of anilines is 1. The molecule has 0 spiro atoms. The first kappa shape index (κ1) is 14.6. The van der Waals surface area contributed by atoms with Crippen LogP contribution in [0.2, 0.25) is 0 Å². The number of likely N-dealkylation sites (tertiary alicyclic amines) is 1. The van der Waals surface area contributed by atoms with Crippen molar-refractivity contribution in [3.8, 4) is 0 Å². The van der Waals surface area contributed by atoms with Crippen LogP contribution in [-0.2, 0) is 0 Å². The first-order valence-electron chi connectivity index (χ1n) is 8.39. The summed E-state index contributed by atoms with van der Waals surface area (Å²) in [4.78, 5) is 17.1. The number of nitrogens with one attached hydrogen (secondary N) is 1. The Balaban J connectivity index is 1.53. The Labute approximate surface area is 136 Å². The average Bonchev–Trinajstić information content (AvgIpc) is 2.99. The summed E-state index contributed by atoms with van der Waals surface area (Å²) in [7, 11) is 2.19. The minimum absolute atomic E-state index is 0.0208. The molecule has 0 saturated carbocycles. The van der Waals surface area contributed by atoms with Crippen LogP contribution in [-0.4, -0.2) is 48.1 Å². The first-order chi connectivity index (χ1) is 11.1. The van der Waals surface area contributed by atoms with Gasteiger partial charge in [-0.25, -0.2) is 4.79 Å². The third-order valence-electron chi connectivity index (χ3n) is 5.34. The normalized spacial score (nSPS) is 24.9. The molecule has 2 atom stereocenters. The summed E-state index contributed by atoms with van der Waals surface area (Å²) >= 11 is 0. The molecule has 2 amide bonds. The number of amides is 2. The van der Waals surface area contributed by atoms with Gasteiger partial charge in [-0.1, -0.05) is 12.1 Å². The Bertz CT molecular complexity index is 739. The highest BCUT2D eigenvalue weighted by atomic mass is 16.3. The van der Waals surface area contributed by atoms with Crippen molar-refractivity contribution in [3.63, 3.8) is 0 Å². The number of likely N-dealkylation sites (N-methyl/N-ethyl adjacent to an activating group) is 1. The number of para-hydroxylation sites is 1. The molecule has 2 fully saturated rings. The van der Waals surface area contributed by atoms with Crippen molar-refractivity contribution >= 4 is 22.7 Å². The average molecular weight is 313 g/mol. The molecule has 0 unspecified atom stereocenters. The number of rotatable bonds is 1. The van der Waals surface area contributed by atoms with Crippen molar-refractivity contribution in [1.29, 1.82) is 0 Å². The third-order valence-corrected chi connectivity index (χ3v) is 5.34. The fourth-order valence-corrected chi connectivity index (χ4v) is 3.98. The number of benzene rings is 1. The zero-order valence-corrected chi connectivity index (χ0v) is 13.7. The van der Waals surface area contributed by atoms with E-state index in [1.165, 1.54) is 12.8 Å². The molecule has 0 aliphatic carbocycles. The van der Waals surface area contributed by atoms with E-state index in [9.17, 15) is 4.79 Å². The van der Waals surface area contributed by atoms with Gasteiger partial charge in [0.15, 0.2) is 5.58 Å². The molecule has 0 radical (unpaired) electrons. The number of fused-ring (bicyclic) bond motifs is 3. The van der Waals surface area contributed by atoms with Gasteiger partial charge in [-0.15, -0.1) is 0 Å². The van der Waals surface area contributed by atoms with Gasteiger partial charge in [0.25, 0.3) is 0 Å². The third kappa shape index (κ3) is 2.59. The zero-order valence-electron chi connectivity index (χ0n) is 13.7. The van der Waals surface area contributed by atoms with Crippen molar-refractivity contribution in [3.05, 3.63) is 30.0 Å². The lowest BCUT2D eigenvalue weighted by atomic mass is 10.1. The van der Waals surface area contributed by atoms with Crippen LogP contribution in [0.1, 0.15) is 25.0 Å². The van der Waals surface area contributed by atoms with Crippen molar-refractivity contribution in [2.75, 3.05) is 25.5 Å². The number of hydrogen-bond acceptors (Lipinski definition) is 3. The Morgan fingerprint density at radius 1 is 1.26 bits per heavy atom. The molecule has 3 heterocycles. The molecule has 2 aromatic rings. The number of urea groups is 1. The summed E-state index contributed by atoms with van der Waals surface area (Å²) < 4.78 is 5.74. The second kappa shape index (κ2) is 5.57. The van der Waals surface area contributed by atoms with Crippen molar-refractivity contribution in [2.24, 2.45) is 0 Å². The predicted octanol–water partition coefficient (Wildman–Crippen LogP) is 3.44. The molecule has 1 N–H and O–H groups in total. The monoisotopic (exact) mass is 313 g/mol. The van der Waals surface area contributed by atoms with E-state index in [2.05, 4.69) is 17.3 Å². The van der Waals surface area contributed by atoms with Crippen LogP contribution in [0.3, 0.4) is 0 Å². The van der Waals surface area contributed by atoms with E-state index >= 15 is 0 Å². The molecule has 1 aromatic heterocycles. The molecule has 2 aliphatic rings. The maximum Gasteiger partial charge on any atom is 0.322 e. The smallest absolute Gasteiger partial charge is 0.322 e. The van der Waals surface area contributed by atoms with Crippen LogP contribution in [0.15, 0.2) is 28.7 Å². The van der Waals surface area contributed by atoms with E-state index in [1.54, 1.807) is 0 Å². The quantitative estimate of drug-likeness (QED) is 0.877. The lowest BCUT2D eigenvalue weighted by Gasteiger charge is -2.26. The molecule has 5 nitrogen and oxygen atoms in total. The number of aryl methyl sites for hydroxylation is 1. The standard InChI is InChI=1S/C18H23N3O2/c1-12-10-13-4-3-5-16(17(13)23-12)19-18(22)21-9-8-14-6-7-15(11-21)20(14)2/h3-5,10,14-15H,6-9,11H2,1-2H3,(H,19,22)/t14-,15+/m0/s1. The van der Waals surface area contributed by atoms with Gasteiger partial charge in [0.1, 0.15) is 5.76 Å². The number of furan rings is 1. The van der Waals surface area contributed by atoms with Crippen molar-refractivity contribution in [2.45, 2.75) is 38.3 Å². The minimum atomic E-state index is -0.0208. The fourth-order valence-electron chi connectivity index (χ4n) is 3.98. The highest BCUT2D eigenvalue weighted by molar-refractivity contribution is 5.99. The van der Waals surface area contributed by atoms with Crippen molar-refractivity contribution in [1.82, 2.24) is 9.80 Å². The summed E-state index contributed by atoms with van der Waals surface area (Å²) in [5, 5.41) is 4.07. The second-order valence-electron chi connectivity index (χ2n) is 6.80. The Morgan fingerprint density at radius 2 is 2.09 bits per heavy atom. The first-order valence-corrected chi connectivity index (χ1v) is 8.39. The molecule has 2 saturated heterocycles. The van der Waals surface area contributed by atoms with Gasteiger partial charge in [-0.3, -0.25) is 4.90 Å². The summed E-state index contributed by atoms with van der Waals surface area (Å²) in [6.07, 6.45) is 3.52. The summed E-state index contributed by atoms with van der Waals surface area (Å²) in [6.45, 7) is 3.56. The molecular formula is C18H23N3O2. The number of hydrogen-bond donors (Lipinski definition) is 1. The Morgan fingerprint density at radius 3 is 2.96 bits per heavy atom. The van der Waals surface area contributed by atoms with Crippen LogP contribution >= 0.6 is 0 Å². The van der Waals surface area contributed by atoms with E-state index in [0.29, 0.717) is 12.1 Å². The zero-order chi connectivity index (χ0) is 16.0. The van der Waals surface area contributed by atoms with Crippen LogP contribution in [0.4, 0.5) is 10.5 Å². The van der Waals surface area contributed by atoms with Crippen LogP contribution < -0.4 is 5.32 Å². The summed E-state index contributed by atoms with van der Waals surface area (Å²) in [5.41, 5.74) is 1.51. The van der Waals surface area contributed by atoms with Gasteiger partial charge in [0.2, 0.25) is 0 Å². The van der Waals surface area contributed by atoms with Crippen LogP contribution in [0.25, 0.3) is 11.0 Å². The summed E-state index contributed by atoms with van der Waals surface area (Å²) in [6, 6.07) is 8.95. The predicted molar refractivity (Wildman–Crippen MR) is 90.7 cm³/mol. The molecule has 122 valence electrons. The molecule has 23 heavy (non-hydrogen) atoms. The van der Waals surface area contributed by atoms with Gasteiger partial charge in [-0.2, -0.15) is 0 Å². The maximum atomic E-state index is 12.7. The van der Waals surface area contributed by atoms with Gasteiger partial charge in [0, 0.05) is 30.6 Å².